The first-order valence-corrected chi connectivity index (χ1v) is 19.2. The summed E-state index contributed by atoms with van der Waals surface area (Å²) in [4.78, 5) is 71.9. The van der Waals surface area contributed by atoms with Crippen molar-refractivity contribution in [1.29, 1.82) is 0 Å². The Labute approximate surface area is 336 Å². The Morgan fingerprint density at radius 1 is 0.439 bits per heavy atom. The smallest absolute Gasteiger partial charge is 0.407 e. The molecule has 16 heteroatoms. The van der Waals surface area contributed by atoms with Gasteiger partial charge in [0.25, 0.3) is 11.8 Å². The van der Waals surface area contributed by atoms with Crippen molar-refractivity contribution in [2.24, 2.45) is 0 Å². The molecule has 6 amide bonds. The number of amides is 6. The van der Waals surface area contributed by atoms with Crippen molar-refractivity contribution in [1.82, 2.24) is 31.9 Å². The third kappa shape index (κ3) is 21.4. The summed E-state index contributed by atoms with van der Waals surface area (Å²) in [6.07, 6.45) is 1.66. The third-order valence-electron chi connectivity index (χ3n) is 7.97. The number of carbonyl (C=O) groups excluding carboxylic acids is 6. The maximum Gasteiger partial charge on any atom is 0.407 e. The van der Waals surface area contributed by atoms with Gasteiger partial charge in [0.1, 0.15) is 22.7 Å². The van der Waals surface area contributed by atoms with Crippen molar-refractivity contribution < 1.29 is 47.7 Å². The number of nitrogens with one attached hydrogen (secondary N) is 6. The van der Waals surface area contributed by atoms with Crippen LogP contribution in [-0.2, 0) is 34.1 Å². The molecule has 316 valence electrons. The zero-order valence-electron chi connectivity index (χ0n) is 34.7. The Hall–Kier alpha value is -5.54. The average molecular weight is 799 g/mol. The number of alkyl carbamates (subject to hydrolysis) is 2. The van der Waals surface area contributed by atoms with Gasteiger partial charge in [0, 0.05) is 31.6 Å². The molecule has 2 aromatic rings. The van der Waals surface area contributed by atoms with E-state index < -0.39 is 40.6 Å². The molecule has 0 radical (unpaired) electrons. The van der Waals surface area contributed by atoms with E-state index in [1.807, 2.05) is 24.3 Å². The lowest BCUT2D eigenvalue weighted by atomic mass is 9.78. The van der Waals surface area contributed by atoms with Gasteiger partial charge in [-0.15, -0.1) is 0 Å². The molecule has 0 unspecified atom stereocenters. The van der Waals surface area contributed by atoms with E-state index >= 15 is 0 Å². The Morgan fingerprint density at radius 2 is 0.754 bits per heavy atom. The molecule has 0 saturated carbocycles. The van der Waals surface area contributed by atoms with Crippen LogP contribution < -0.4 is 41.4 Å². The van der Waals surface area contributed by atoms with Crippen LogP contribution in [0.5, 0.6) is 11.5 Å². The normalized spacial score (nSPS) is 11.4. The molecule has 0 fully saturated rings. The molecule has 0 aliphatic rings. The quantitative estimate of drug-likeness (QED) is 0.0948. The van der Waals surface area contributed by atoms with Crippen LogP contribution in [0, 0.1) is 0 Å². The van der Waals surface area contributed by atoms with Gasteiger partial charge in [0.15, 0.2) is 13.2 Å². The SMILES string of the molecule is CC(C)(C)OC(=O)NCCCCNC(=O)CNC(=O)COc1ccc(C(C)(C)c2ccc(OCC(=O)NCC(=O)NCCCCNC(=O)OC(C)(C)C)cc2)cc1. The second-order valence-electron chi connectivity index (χ2n) is 15.8. The van der Waals surface area contributed by atoms with Crippen LogP contribution in [0.1, 0.15) is 92.2 Å². The van der Waals surface area contributed by atoms with Crippen LogP contribution in [0.4, 0.5) is 9.59 Å². The number of carbonyl (C=O) groups is 6. The number of hydrogen-bond acceptors (Lipinski definition) is 10. The number of unbranched alkanes of at least 4 members (excludes halogenated alkanes) is 2. The molecular weight excluding hydrogens is 736 g/mol. The Bertz CT molecular complexity index is 1480. The fraction of sp³-hybridized carbons (Fsp3) is 0.561. The molecule has 0 heterocycles. The predicted octanol–water partition coefficient (Wildman–Crippen LogP) is 3.84. The van der Waals surface area contributed by atoms with Gasteiger partial charge in [-0.1, -0.05) is 38.1 Å². The summed E-state index contributed by atoms with van der Waals surface area (Å²) >= 11 is 0. The highest BCUT2D eigenvalue weighted by Gasteiger charge is 2.23. The summed E-state index contributed by atoms with van der Waals surface area (Å²) in [5.74, 6) is -0.522. The van der Waals surface area contributed by atoms with Crippen molar-refractivity contribution >= 4 is 35.8 Å². The highest BCUT2D eigenvalue weighted by Crippen LogP contribution is 2.33. The van der Waals surface area contributed by atoms with Crippen molar-refractivity contribution in [2.75, 3.05) is 52.5 Å². The molecule has 2 aromatic carbocycles. The molecule has 57 heavy (non-hydrogen) atoms. The second-order valence-corrected chi connectivity index (χ2v) is 15.8. The molecule has 0 aliphatic carbocycles. The Balaban J connectivity index is 1.63. The van der Waals surface area contributed by atoms with E-state index in [0.29, 0.717) is 63.4 Å². The van der Waals surface area contributed by atoms with Crippen LogP contribution in [0.3, 0.4) is 0 Å². The van der Waals surface area contributed by atoms with Gasteiger partial charge in [-0.3, -0.25) is 19.2 Å². The van der Waals surface area contributed by atoms with E-state index in [0.717, 1.165) is 11.1 Å². The minimum absolute atomic E-state index is 0.178. The molecule has 2 rings (SSSR count). The van der Waals surface area contributed by atoms with Gasteiger partial charge >= 0.3 is 12.2 Å². The van der Waals surface area contributed by atoms with Crippen molar-refractivity contribution in [3.05, 3.63) is 59.7 Å². The molecule has 0 aliphatic heterocycles. The first-order chi connectivity index (χ1) is 26.7. The van der Waals surface area contributed by atoms with Crippen LogP contribution in [0.2, 0.25) is 0 Å². The van der Waals surface area contributed by atoms with Gasteiger partial charge in [-0.05, 0) is 103 Å². The summed E-state index contributed by atoms with van der Waals surface area (Å²) in [5.41, 5.74) is 0.488. The van der Waals surface area contributed by atoms with Crippen molar-refractivity contribution in [2.45, 2.75) is 97.7 Å². The fourth-order valence-corrected chi connectivity index (χ4v) is 4.95. The minimum atomic E-state index is -0.560. The Morgan fingerprint density at radius 3 is 1.07 bits per heavy atom. The summed E-state index contributed by atoms with van der Waals surface area (Å²) in [6.45, 7) is 15.7. The summed E-state index contributed by atoms with van der Waals surface area (Å²) in [7, 11) is 0. The fourth-order valence-electron chi connectivity index (χ4n) is 4.95. The molecular formula is C41H62N6O10. The maximum atomic E-state index is 12.3. The highest BCUT2D eigenvalue weighted by molar-refractivity contribution is 5.86. The maximum absolute atomic E-state index is 12.3. The molecule has 6 N–H and O–H groups in total. The van der Waals surface area contributed by atoms with Crippen LogP contribution >= 0.6 is 0 Å². The van der Waals surface area contributed by atoms with Crippen LogP contribution in [0.15, 0.2) is 48.5 Å². The van der Waals surface area contributed by atoms with E-state index in [-0.39, 0.29) is 38.1 Å². The van der Waals surface area contributed by atoms with E-state index in [2.05, 4.69) is 45.7 Å². The van der Waals surface area contributed by atoms with Gasteiger partial charge in [-0.2, -0.15) is 0 Å². The average Bonchev–Trinajstić information content (AvgIpc) is 3.13. The van der Waals surface area contributed by atoms with Gasteiger partial charge in [0.2, 0.25) is 11.8 Å². The summed E-state index contributed by atoms with van der Waals surface area (Å²) in [6, 6.07) is 14.8. The van der Waals surface area contributed by atoms with Gasteiger partial charge in [0.05, 0.1) is 13.1 Å². The molecule has 0 aromatic heterocycles. The lowest BCUT2D eigenvalue weighted by Gasteiger charge is -2.26. The van der Waals surface area contributed by atoms with E-state index in [1.54, 1.807) is 65.8 Å². The molecule has 0 bridgehead atoms. The largest absolute Gasteiger partial charge is 0.484 e. The first kappa shape index (κ1) is 47.6. The van der Waals surface area contributed by atoms with Crippen LogP contribution in [0.25, 0.3) is 0 Å². The minimum Gasteiger partial charge on any atom is -0.484 e. The first-order valence-electron chi connectivity index (χ1n) is 19.2. The predicted molar refractivity (Wildman–Crippen MR) is 215 cm³/mol. The highest BCUT2D eigenvalue weighted by atomic mass is 16.6. The molecule has 16 nitrogen and oxygen atoms in total. The number of hydrogen-bond donors (Lipinski definition) is 6. The van der Waals surface area contributed by atoms with Gasteiger partial charge < -0.3 is 50.8 Å². The van der Waals surface area contributed by atoms with E-state index in [9.17, 15) is 28.8 Å². The monoisotopic (exact) mass is 798 g/mol. The van der Waals surface area contributed by atoms with Crippen molar-refractivity contribution in [3.63, 3.8) is 0 Å². The third-order valence-corrected chi connectivity index (χ3v) is 7.97. The zero-order chi connectivity index (χ0) is 42.5. The summed E-state index contributed by atoms with van der Waals surface area (Å²) < 4.78 is 21.6. The van der Waals surface area contributed by atoms with E-state index in [4.69, 9.17) is 18.9 Å². The van der Waals surface area contributed by atoms with Crippen molar-refractivity contribution in [3.8, 4) is 11.5 Å². The number of benzene rings is 2. The molecule has 0 atom stereocenters. The van der Waals surface area contributed by atoms with E-state index in [1.165, 1.54) is 0 Å². The number of ether oxygens (including phenoxy) is 4. The lowest BCUT2D eigenvalue weighted by Crippen LogP contribution is -2.39. The zero-order valence-corrected chi connectivity index (χ0v) is 34.7. The Kier molecular flexibility index (Phi) is 19.6. The summed E-state index contributed by atoms with van der Waals surface area (Å²) in [5, 5.41) is 15.8. The van der Waals surface area contributed by atoms with Gasteiger partial charge in [-0.25, -0.2) is 9.59 Å². The second kappa shape index (κ2) is 23.5. The lowest BCUT2D eigenvalue weighted by molar-refractivity contribution is -0.127. The van der Waals surface area contributed by atoms with Crippen LogP contribution in [-0.4, -0.2) is 99.5 Å². The number of rotatable bonds is 22. The molecule has 0 saturated heterocycles. The topological polar surface area (TPSA) is 212 Å². The molecule has 0 spiro atoms. The standard InChI is InChI=1S/C41H62N6O10/c1-39(2,3)56-37(52)44-23-11-9-21-42-33(48)25-46-35(50)27-54-31-17-13-29(14-18-31)41(7,8)30-15-19-32(20-16-30)55-28-36(51)47-26-34(49)43-22-10-12-24-45-38(53)57-40(4,5)6/h13-20H,9-12,21-28H2,1-8H3,(H,42,48)(H,43,49)(H,44,52)(H,45,53)(H,46,50)(H,47,51).